The highest BCUT2D eigenvalue weighted by Crippen LogP contribution is 2.37. The van der Waals surface area contributed by atoms with Crippen LogP contribution in [0.15, 0.2) is 59.5 Å². The Morgan fingerprint density at radius 3 is 2.38 bits per heavy atom. The molecule has 1 N–H and O–H groups in total. The van der Waals surface area contributed by atoms with Crippen LogP contribution in [-0.2, 0) is 19.6 Å². The van der Waals surface area contributed by atoms with Crippen molar-refractivity contribution in [2.75, 3.05) is 12.4 Å². The number of aryl methyl sites for hydroxylation is 1. The van der Waals surface area contributed by atoms with Gasteiger partial charge in [0.2, 0.25) is 5.91 Å². The third kappa shape index (κ3) is 3.16. The first-order valence-electron chi connectivity index (χ1n) is 8.82. The Labute approximate surface area is 173 Å². The van der Waals surface area contributed by atoms with E-state index in [1.807, 2.05) is 13.0 Å². The number of likely N-dealkylation sites (N-methyl/N-ethyl adjacent to an activating group) is 1. The van der Waals surface area contributed by atoms with Crippen LogP contribution >= 0.6 is 11.6 Å². The van der Waals surface area contributed by atoms with E-state index in [9.17, 15) is 18.0 Å². The van der Waals surface area contributed by atoms with Crippen LogP contribution in [0.4, 0.5) is 5.69 Å². The monoisotopic (exact) mass is 428 g/mol. The van der Waals surface area contributed by atoms with Crippen molar-refractivity contribution in [2.24, 2.45) is 0 Å². The van der Waals surface area contributed by atoms with Crippen LogP contribution in [0.1, 0.15) is 17.0 Å². The number of sulfonamides is 1. The minimum Gasteiger partial charge on any atom is -0.325 e. The minimum atomic E-state index is -4.03. The molecular formula is C21H17ClN2O4S. The zero-order valence-electron chi connectivity index (χ0n) is 15.6. The van der Waals surface area contributed by atoms with Gasteiger partial charge in [-0.2, -0.15) is 0 Å². The lowest BCUT2D eigenvalue weighted by Gasteiger charge is -2.30. The summed E-state index contributed by atoms with van der Waals surface area (Å²) in [6.07, 6.45) is 0. The Hall–Kier alpha value is -2.90. The van der Waals surface area contributed by atoms with E-state index in [0.717, 1.165) is 10.9 Å². The number of fused-ring (bicyclic) bond motifs is 2. The number of amides is 2. The Balaban J connectivity index is 1.84. The van der Waals surface area contributed by atoms with Crippen molar-refractivity contribution >= 4 is 49.9 Å². The number of halogens is 1. The number of carbonyl (C=O) groups excluding carboxylic acids is 2. The number of hydrogen-bond donors (Lipinski definition) is 1. The second kappa shape index (κ2) is 6.86. The van der Waals surface area contributed by atoms with Crippen LogP contribution in [0.25, 0.3) is 10.8 Å². The van der Waals surface area contributed by atoms with Gasteiger partial charge in [0.25, 0.3) is 15.9 Å². The quantitative estimate of drug-likeness (QED) is 0.631. The molecule has 8 heteroatoms. The predicted octanol–water partition coefficient (Wildman–Crippen LogP) is 3.68. The highest BCUT2D eigenvalue weighted by atomic mass is 35.5. The predicted molar refractivity (Wildman–Crippen MR) is 111 cm³/mol. The van der Waals surface area contributed by atoms with Gasteiger partial charge < -0.3 is 5.32 Å². The smallest absolute Gasteiger partial charge is 0.266 e. The number of anilines is 1. The van der Waals surface area contributed by atoms with Crippen LogP contribution in [0, 0.1) is 6.92 Å². The zero-order chi connectivity index (χ0) is 20.9. The van der Waals surface area contributed by atoms with Crippen LogP contribution in [0.3, 0.4) is 0 Å². The number of nitrogens with one attached hydrogen (secondary N) is 1. The molecular weight excluding hydrogens is 412 g/mol. The molecule has 148 valence electrons. The third-order valence-corrected chi connectivity index (χ3v) is 7.30. The van der Waals surface area contributed by atoms with Gasteiger partial charge in [-0.1, -0.05) is 41.9 Å². The maximum absolute atomic E-state index is 13.0. The maximum atomic E-state index is 13.0. The normalized spacial score (nSPS) is 17.8. The Kier molecular flexibility index (Phi) is 4.59. The molecule has 1 aliphatic rings. The van der Waals surface area contributed by atoms with Crippen molar-refractivity contribution < 1.29 is 18.0 Å². The van der Waals surface area contributed by atoms with Gasteiger partial charge in [0, 0.05) is 17.8 Å². The molecule has 3 aromatic carbocycles. The molecule has 1 heterocycles. The largest absolute Gasteiger partial charge is 0.325 e. The van der Waals surface area contributed by atoms with Gasteiger partial charge in [-0.05, 0) is 53.1 Å². The van der Waals surface area contributed by atoms with Gasteiger partial charge in [0.1, 0.15) is 5.92 Å². The Bertz CT molecular complexity index is 1290. The third-order valence-electron chi connectivity index (χ3n) is 5.09. The lowest BCUT2D eigenvalue weighted by Crippen LogP contribution is -2.45. The van der Waals surface area contributed by atoms with E-state index in [4.69, 9.17) is 11.6 Å². The molecule has 0 aromatic heterocycles. The van der Waals surface area contributed by atoms with Gasteiger partial charge in [-0.3, -0.25) is 9.59 Å². The average Bonchev–Trinajstić information content (AvgIpc) is 2.68. The fourth-order valence-corrected chi connectivity index (χ4v) is 4.97. The standard InChI is InChI=1S/C21H17ClN2O4S/c1-12-7-8-15(11-17(12)22)23-20(25)19-16-9-13-5-3-4-6-14(13)10-18(16)29(27,28)24(2)21(19)26/h3-11,19H,1-2H3,(H,23,25). The van der Waals surface area contributed by atoms with E-state index in [2.05, 4.69) is 5.32 Å². The van der Waals surface area contributed by atoms with Gasteiger partial charge in [0.15, 0.2) is 0 Å². The summed E-state index contributed by atoms with van der Waals surface area (Å²) in [5.74, 6) is -2.71. The van der Waals surface area contributed by atoms with Crippen LogP contribution < -0.4 is 5.32 Å². The fraction of sp³-hybridized carbons (Fsp3) is 0.143. The van der Waals surface area contributed by atoms with Crippen molar-refractivity contribution in [3.05, 3.63) is 70.7 Å². The maximum Gasteiger partial charge on any atom is 0.266 e. The van der Waals surface area contributed by atoms with Crippen LogP contribution in [-0.4, -0.2) is 31.6 Å². The molecule has 0 saturated heterocycles. The van der Waals surface area contributed by atoms with Gasteiger partial charge in [-0.25, -0.2) is 12.7 Å². The summed E-state index contributed by atoms with van der Waals surface area (Å²) in [5, 5.41) is 4.61. The summed E-state index contributed by atoms with van der Waals surface area (Å²) in [6.45, 7) is 1.83. The molecule has 0 radical (unpaired) electrons. The fourth-order valence-electron chi connectivity index (χ4n) is 3.41. The van der Waals surface area contributed by atoms with Gasteiger partial charge >= 0.3 is 0 Å². The SMILES string of the molecule is Cc1ccc(NC(=O)C2C(=O)N(C)S(=O)(=O)c3cc4ccccc4cc32)cc1Cl. The lowest BCUT2D eigenvalue weighted by molar-refractivity contribution is -0.132. The van der Waals surface area contributed by atoms with E-state index >= 15 is 0 Å². The minimum absolute atomic E-state index is 0.0413. The van der Waals surface area contributed by atoms with E-state index < -0.39 is 27.8 Å². The van der Waals surface area contributed by atoms with Crippen molar-refractivity contribution in [2.45, 2.75) is 17.7 Å². The molecule has 2 amide bonds. The first-order chi connectivity index (χ1) is 13.7. The summed E-state index contributed by atoms with van der Waals surface area (Å²) in [7, 11) is -2.86. The van der Waals surface area contributed by atoms with E-state index in [0.29, 0.717) is 20.4 Å². The summed E-state index contributed by atoms with van der Waals surface area (Å²) >= 11 is 6.11. The molecule has 6 nitrogen and oxygen atoms in total. The van der Waals surface area contributed by atoms with E-state index in [1.54, 1.807) is 42.5 Å². The average molecular weight is 429 g/mol. The molecule has 0 saturated carbocycles. The molecule has 3 aromatic rings. The van der Waals surface area contributed by atoms with Crippen molar-refractivity contribution in [3.8, 4) is 0 Å². The molecule has 0 fully saturated rings. The second-order valence-electron chi connectivity index (χ2n) is 6.93. The van der Waals surface area contributed by atoms with Crippen molar-refractivity contribution in [1.29, 1.82) is 0 Å². The van der Waals surface area contributed by atoms with Crippen LogP contribution in [0.5, 0.6) is 0 Å². The van der Waals surface area contributed by atoms with E-state index in [1.165, 1.54) is 13.1 Å². The van der Waals surface area contributed by atoms with E-state index in [-0.39, 0.29) is 10.5 Å². The van der Waals surface area contributed by atoms with Crippen LogP contribution in [0.2, 0.25) is 5.02 Å². The molecule has 1 atom stereocenters. The summed E-state index contributed by atoms with van der Waals surface area (Å²) < 4.78 is 26.3. The molecule has 29 heavy (non-hydrogen) atoms. The highest BCUT2D eigenvalue weighted by Gasteiger charge is 2.44. The number of nitrogens with zero attached hydrogens (tertiary/aromatic N) is 1. The lowest BCUT2D eigenvalue weighted by atomic mass is 9.94. The topological polar surface area (TPSA) is 83.6 Å². The molecule has 1 aliphatic heterocycles. The number of benzene rings is 3. The van der Waals surface area contributed by atoms with Crippen molar-refractivity contribution in [1.82, 2.24) is 4.31 Å². The highest BCUT2D eigenvalue weighted by molar-refractivity contribution is 7.89. The number of hydrogen-bond acceptors (Lipinski definition) is 4. The summed E-state index contributed by atoms with van der Waals surface area (Å²) in [4.78, 5) is 25.8. The molecule has 0 spiro atoms. The number of rotatable bonds is 2. The zero-order valence-corrected chi connectivity index (χ0v) is 17.2. The first kappa shape index (κ1) is 19.4. The van der Waals surface area contributed by atoms with Gasteiger partial charge in [-0.15, -0.1) is 0 Å². The second-order valence-corrected chi connectivity index (χ2v) is 9.28. The van der Waals surface area contributed by atoms with Crippen molar-refractivity contribution in [3.63, 3.8) is 0 Å². The number of carbonyl (C=O) groups is 2. The van der Waals surface area contributed by atoms with Gasteiger partial charge in [0.05, 0.1) is 4.90 Å². The summed E-state index contributed by atoms with van der Waals surface area (Å²) in [5.41, 5.74) is 1.44. The molecule has 0 bridgehead atoms. The Morgan fingerprint density at radius 1 is 1.07 bits per heavy atom. The first-order valence-corrected chi connectivity index (χ1v) is 10.6. The molecule has 4 rings (SSSR count). The summed E-state index contributed by atoms with van der Waals surface area (Å²) in [6, 6.07) is 15.3. The molecule has 1 unspecified atom stereocenters. The Morgan fingerprint density at radius 2 is 1.72 bits per heavy atom. The molecule has 0 aliphatic carbocycles.